The van der Waals surface area contributed by atoms with Gasteiger partial charge in [0.05, 0.1) is 6.10 Å². The molecule has 154 valence electrons. The molecule has 0 aliphatic carbocycles. The lowest BCUT2D eigenvalue weighted by molar-refractivity contribution is -0.149. The van der Waals surface area contributed by atoms with Crippen LogP contribution in [0.1, 0.15) is 44.9 Å². The number of hydrogen-bond acceptors (Lipinski definition) is 6. The summed E-state index contributed by atoms with van der Waals surface area (Å²) in [5.41, 5.74) is 0. The Morgan fingerprint density at radius 3 is 2.63 bits per heavy atom. The van der Waals surface area contributed by atoms with Crippen LogP contribution in [0.3, 0.4) is 0 Å². The number of hydrogen-bond donors (Lipinski definition) is 4. The zero-order chi connectivity index (χ0) is 19.8. The third kappa shape index (κ3) is 6.57. The van der Waals surface area contributed by atoms with E-state index in [2.05, 4.69) is 17.9 Å². The first-order chi connectivity index (χ1) is 12.9. The Balaban J connectivity index is 2.12. The fourth-order valence-corrected chi connectivity index (χ4v) is 4.97. The molecule has 0 radical (unpaired) electrons. The summed E-state index contributed by atoms with van der Waals surface area (Å²) in [7, 11) is 0. The van der Waals surface area contributed by atoms with E-state index < -0.39 is 30.1 Å². The van der Waals surface area contributed by atoms with Crippen LogP contribution in [0.25, 0.3) is 0 Å². The molecule has 0 bridgehead atoms. The summed E-state index contributed by atoms with van der Waals surface area (Å²) >= 11 is 5.89. The average Bonchev–Trinajstić information content (AvgIpc) is 3.03. The van der Waals surface area contributed by atoms with E-state index in [1.807, 2.05) is 0 Å². The third-order valence-corrected chi connectivity index (χ3v) is 6.77. The highest BCUT2D eigenvalue weighted by molar-refractivity contribution is 7.99. The van der Waals surface area contributed by atoms with Crippen LogP contribution in [-0.4, -0.2) is 74.9 Å². The Kier molecular flexibility index (Phi) is 9.25. The smallest absolute Gasteiger partial charge is 0.326 e. The van der Waals surface area contributed by atoms with Crippen LogP contribution < -0.4 is 5.32 Å². The number of likely N-dealkylation sites (tertiary alicyclic amines) is 1. The van der Waals surface area contributed by atoms with Crippen molar-refractivity contribution in [2.75, 3.05) is 23.8 Å². The number of carboxylic acids is 1. The minimum absolute atomic E-state index is 0.0111. The molecule has 2 aliphatic heterocycles. The molecule has 0 saturated carbocycles. The molecule has 2 fully saturated rings. The van der Waals surface area contributed by atoms with Gasteiger partial charge in [-0.15, -0.1) is 0 Å². The van der Waals surface area contributed by atoms with Crippen LogP contribution in [0.15, 0.2) is 0 Å². The number of amides is 2. The van der Waals surface area contributed by atoms with Crippen LogP contribution in [0, 0.1) is 5.92 Å². The van der Waals surface area contributed by atoms with Crippen molar-refractivity contribution in [3.63, 3.8) is 0 Å². The molecule has 27 heavy (non-hydrogen) atoms. The zero-order valence-electron chi connectivity index (χ0n) is 15.5. The second-order valence-electron chi connectivity index (χ2n) is 7.31. The van der Waals surface area contributed by atoms with E-state index >= 15 is 0 Å². The summed E-state index contributed by atoms with van der Waals surface area (Å²) in [5, 5.41) is 22.0. The molecule has 2 amide bonds. The highest BCUT2D eigenvalue weighted by Crippen LogP contribution is 2.22. The maximum absolute atomic E-state index is 13.0. The van der Waals surface area contributed by atoms with Crippen LogP contribution in [0.5, 0.6) is 0 Å². The van der Waals surface area contributed by atoms with Gasteiger partial charge in [-0.1, -0.05) is 25.7 Å². The van der Waals surface area contributed by atoms with Crippen molar-refractivity contribution < 1.29 is 24.6 Å². The van der Waals surface area contributed by atoms with Crippen molar-refractivity contribution in [2.45, 2.75) is 63.1 Å². The number of thiol groups is 1. The van der Waals surface area contributed by atoms with Crippen molar-refractivity contribution in [3.8, 4) is 0 Å². The molecule has 0 spiro atoms. The van der Waals surface area contributed by atoms with E-state index in [9.17, 15) is 24.6 Å². The molecule has 0 aromatic rings. The molecule has 2 rings (SSSR count). The van der Waals surface area contributed by atoms with Crippen molar-refractivity contribution in [2.24, 2.45) is 5.92 Å². The van der Waals surface area contributed by atoms with E-state index in [0.717, 1.165) is 44.3 Å². The number of aliphatic carboxylic acids is 1. The molecule has 0 aromatic carbocycles. The second kappa shape index (κ2) is 11.2. The summed E-state index contributed by atoms with van der Waals surface area (Å²) in [6, 6.07) is -1.82. The van der Waals surface area contributed by atoms with E-state index in [1.54, 1.807) is 11.8 Å². The molecule has 7 nitrogen and oxygen atoms in total. The first-order valence-electron chi connectivity index (χ1n) is 9.64. The molecule has 9 heteroatoms. The Bertz CT molecular complexity index is 534. The molecule has 2 heterocycles. The zero-order valence-corrected chi connectivity index (χ0v) is 17.2. The Labute approximate surface area is 170 Å². The van der Waals surface area contributed by atoms with Crippen LogP contribution in [0.2, 0.25) is 0 Å². The minimum Gasteiger partial charge on any atom is -0.480 e. The maximum Gasteiger partial charge on any atom is 0.326 e. The second-order valence-corrected chi connectivity index (χ2v) is 8.82. The lowest BCUT2D eigenvalue weighted by Gasteiger charge is -2.28. The number of rotatable bonds is 3. The highest BCUT2D eigenvalue weighted by Gasteiger charge is 2.41. The topological polar surface area (TPSA) is 107 Å². The largest absolute Gasteiger partial charge is 0.480 e. The van der Waals surface area contributed by atoms with Gasteiger partial charge in [-0.3, -0.25) is 9.59 Å². The number of nitrogens with one attached hydrogen (secondary N) is 1. The first-order valence-corrected chi connectivity index (χ1v) is 11.4. The van der Waals surface area contributed by atoms with Crippen LogP contribution >= 0.6 is 24.4 Å². The highest BCUT2D eigenvalue weighted by atomic mass is 32.2. The average molecular weight is 419 g/mol. The number of carbonyl (C=O) groups excluding carboxylic acids is 2. The lowest BCUT2D eigenvalue weighted by atomic mass is 10.0. The number of aliphatic hydroxyl groups is 1. The van der Waals surface area contributed by atoms with E-state index in [0.29, 0.717) is 11.5 Å². The summed E-state index contributed by atoms with van der Waals surface area (Å²) < 4.78 is 0. The SMILES string of the molecule is O=C1NC(C(=O)N2C[C@H](O)C[C@H]2C(=O)O)CSCCCCCCCC1CS. The summed E-state index contributed by atoms with van der Waals surface area (Å²) in [6.07, 6.45) is 5.32. The maximum atomic E-state index is 13.0. The minimum atomic E-state index is -1.13. The fraction of sp³-hybridized carbons (Fsp3) is 0.833. The Morgan fingerprint density at radius 2 is 1.93 bits per heavy atom. The standard InChI is InChI=1S/C18H30N2O5S2/c21-13-8-15(18(24)25)20(9-13)17(23)14-11-27-7-5-3-1-2-4-6-12(10-26)16(22)19-14/h12-15,21,26H,1-11H2,(H,19,22)(H,24,25)/t12?,13-,14?,15+/m1/s1. The molecule has 0 aromatic heterocycles. The third-order valence-electron chi connectivity index (χ3n) is 5.18. The predicted octanol–water partition coefficient (Wildman–Crippen LogP) is 1.15. The van der Waals surface area contributed by atoms with Crippen molar-refractivity contribution in [1.29, 1.82) is 0 Å². The molecular weight excluding hydrogens is 388 g/mol. The molecule has 3 N–H and O–H groups in total. The van der Waals surface area contributed by atoms with Gasteiger partial charge in [0.25, 0.3) is 0 Å². The lowest BCUT2D eigenvalue weighted by Crippen LogP contribution is -2.54. The number of carboxylic acid groups (broad SMARTS) is 1. The monoisotopic (exact) mass is 418 g/mol. The van der Waals surface area contributed by atoms with Gasteiger partial charge in [0, 0.05) is 30.4 Å². The quantitative estimate of drug-likeness (QED) is 0.512. The van der Waals surface area contributed by atoms with E-state index in [4.69, 9.17) is 0 Å². The number of carbonyl (C=O) groups is 3. The predicted molar refractivity (Wildman–Crippen MR) is 108 cm³/mol. The number of thioether (sulfide) groups is 1. The van der Waals surface area contributed by atoms with Gasteiger partial charge < -0.3 is 20.4 Å². The molecule has 2 aliphatic rings. The molecule has 2 saturated heterocycles. The summed E-state index contributed by atoms with van der Waals surface area (Å²) in [5.74, 6) is -0.281. The van der Waals surface area contributed by atoms with Gasteiger partial charge in [-0.2, -0.15) is 24.4 Å². The summed E-state index contributed by atoms with van der Waals surface area (Å²) in [6.45, 7) is -0.0111. The van der Waals surface area contributed by atoms with Gasteiger partial charge in [-0.25, -0.2) is 4.79 Å². The van der Waals surface area contributed by atoms with Gasteiger partial charge >= 0.3 is 5.97 Å². The first kappa shape index (κ1) is 22.4. The normalized spacial score (nSPS) is 31.3. The van der Waals surface area contributed by atoms with Gasteiger partial charge in [0.1, 0.15) is 12.1 Å². The van der Waals surface area contributed by atoms with E-state index in [-0.39, 0.29) is 24.8 Å². The van der Waals surface area contributed by atoms with E-state index in [1.165, 1.54) is 4.90 Å². The number of β-amino-alcohol motifs (C(OH)–C–C–N with tert-alkyl or cyclic N) is 1. The van der Waals surface area contributed by atoms with Gasteiger partial charge in [0.15, 0.2) is 0 Å². The summed E-state index contributed by atoms with van der Waals surface area (Å²) in [4.78, 5) is 38.3. The van der Waals surface area contributed by atoms with Crippen LogP contribution in [0.4, 0.5) is 0 Å². The van der Waals surface area contributed by atoms with Crippen molar-refractivity contribution in [3.05, 3.63) is 0 Å². The number of aliphatic hydroxyl groups excluding tert-OH is 1. The van der Waals surface area contributed by atoms with Crippen molar-refractivity contribution >= 4 is 42.2 Å². The van der Waals surface area contributed by atoms with Gasteiger partial charge in [-0.05, 0) is 18.6 Å². The van der Waals surface area contributed by atoms with Crippen LogP contribution in [-0.2, 0) is 14.4 Å². The molecular formula is C18H30N2O5S2. The van der Waals surface area contributed by atoms with Crippen molar-refractivity contribution in [1.82, 2.24) is 10.2 Å². The Hall–Kier alpha value is -0.930. The number of nitrogens with zero attached hydrogens (tertiary/aromatic N) is 1. The molecule has 2 unspecified atom stereocenters. The molecule has 4 atom stereocenters. The van der Waals surface area contributed by atoms with Gasteiger partial charge in [0.2, 0.25) is 11.8 Å². The Morgan fingerprint density at radius 1 is 1.22 bits per heavy atom. The fourth-order valence-electron chi connectivity index (χ4n) is 3.59.